The standard InChI is InChI=1S/C27H31ClF4NO8P/c1-24(2,3)40-42(36,41-25(4,5)6)39-13-12-38-23(35)33-20-14-16(27(30,31)32)8-10-18(20)26(29,22(33)34)19-15-17(28)9-11-21(19)37-7/h8-11,14-15H,12-13H2,1-7H3. The van der Waals surface area contributed by atoms with E-state index in [1.165, 1.54) is 19.2 Å². The zero-order chi connectivity index (χ0) is 31.9. The third kappa shape index (κ3) is 7.44. The highest BCUT2D eigenvalue weighted by atomic mass is 35.5. The number of carbonyl (C=O) groups is 2. The van der Waals surface area contributed by atoms with Crippen molar-refractivity contribution in [1.82, 2.24) is 0 Å². The van der Waals surface area contributed by atoms with E-state index in [0.717, 1.165) is 12.1 Å². The van der Waals surface area contributed by atoms with E-state index in [4.69, 9.17) is 34.6 Å². The minimum Gasteiger partial charge on any atom is -0.496 e. The number of halogens is 5. The van der Waals surface area contributed by atoms with Crippen LogP contribution in [0.4, 0.5) is 28.0 Å². The number of rotatable bonds is 8. The summed E-state index contributed by atoms with van der Waals surface area (Å²) in [6.45, 7) is 8.45. The van der Waals surface area contributed by atoms with Gasteiger partial charge in [0.1, 0.15) is 12.4 Å². The molecule has 1 heterocycles. The van der Waals surface area contributed by atoms with Crippen molar-refractivity contribution in [3.05, 3.63) is 58.1 Å². The number of amides is 2. The maximum absolute atomic E-state index is 16.8. The number of hydrogen-bond acceptors (Lipinski definition) is 8. The Morgan fingerprint density at radius 1 is 0.952 bits per heavy atom. The lowest BCUT2D eigenvalue weighted by Crippen LogP contribution is -2.42. The lowest BCUT2D eigenvalue weighted by molar-refractivity contribution is -0.137. The SMILES string of the molecule is COc1ccc(Cl)cc1C1(F)C(=O)N(C(=O)OCCOP(=O)(OC(C)(C)C)OC(C)(C)C)c2cc(C(F)(F)F)ccc21. The molecule has 0 radical (unpaired) electrons. The van der Waals surface area contributed by atoms with Crippen LogP contribution in [-0.4, -0.2) is 43.5 Å². The molecule has 0 saturated carbocycles. The molecule has 0 aromatic heterocycles. The van der Waals surface area contributed by atoms with Gasteiger partial charge in [0.15, 0.2) is 0 Å². The quantitative estimate of drug-likeness (QED) is 0.164. The van der Waals surface area contributed by atoms with Gasteiger partial charge in [0.05, 0.1) is 36.2 Å². The Labute approximate surface area is 245 Å². The molecule has 1 atom stereocenters. The van der Waals surface area contributed by atoms with E-state index >= 15 is 4.39 Å². The molecule has 0 spiro atoms. The largest absolute Gasteiger partial charge is 0.496 e. The third-order valence-electron chi connectivity index (χ3n) is 5.48. The fraction of sp³-hybridized carbons (Fsp3) is 0.481. The molecule has 0 N–H and O–H groups in total. The second kappa shape index (κ2) is 11.8. The molecule has 9 nitrogen and oxygen atoms in total. The number of methoxy groups -OCH3 is 1. The number of carbonyl (C=O) groups excluding carboxylic acids is 2. The predicted molar refractivity (Wildman–Crippen MR) is 145 cm³/mol. The highest BCUT2D eigenvalue weighted by Gasteiger charge is 2.57. The summed E-state index contributed by atoms with van der Waals surface area (Å²) in [6, 6.07) is 5.51. The van der Waals surface area contributed by atoms with Crippen LogP contribution in [0.5, 0.6) is 5.75 Å². The Morgan fingerprint density at radius 2 is 1.55 bits per heavy atom. The number of imide groups is 1. The molecule has 2 amide bonds. The summed E-state index contributed by atoms with van der Waals surface area (Å²) < 4.78 is 97.1. The number of benzene rings is 2. The first-order chi connectivity index (χ1) is 19.1. The van der Waals surface area contributed by atoms with Gasteiger partial charge in [0.25, 0.3) is 5.91 Å². The number of phosphoric acid groups is 1. The van der Waals surface area contributed by atoms with Crippen LogP contribution in [-0.2, 0) is 39.5 Å². The van der Waals surface area contributed by atoms with Crippen molar-refractivity contribution in [3.8, 4) is 5.75 Å². The number of nitrogens with zero attached hydrogens (tertiary/aromatic N) is 1. The van der Waals surface area contributed by atoms with Crippen LogP contribution in [0.3, 0.4) is 0 Å². The maximum Gasteiger partial charge on any atom is 0.475 e. The first kappa shape index (κ1) is 33.8. The van der Waals surface area contributed by atoms with Gasteiger partial charge in [-0.2, -0.15) is 13.2 Å². The Balaban J connectivity index is 1.93. The van der Waals surface area contributed by atoms with Crippen molar-refractivity contribution in [2.24, 2.45) is 0 Å². The number of fused-ring (bicyclic) bond motifs is 1. The lowest BCUT2D eigenvalue weighted by atomic mass is 9.88. The minimum absolute atomic E-state index is 0.00152. The van der Waals surface area contributed by atoms with E-state index in [9.17, 15) is 27.3 Å². The zero-order valence-corrected chi connectivity index (χ0v) is 25.6. The molecule has 0 aliphatic carbocycles. The first-order valence-electron chi connectivity index (χ1n) is 12.5. The molecule has 0 saturated heterocycles. The topological polar surface area (TPSA) is 101 Å². The second-order valence-corrected chi connectivity index (χ2v) is 13.1. The number of alkyl halides is 4. The molecule has 232 valence electrons. The van der Waals surface area contributed by atoms with E-state index in [1.54, 1.807) is 41.5 Å². The Hall–Kier alpha value is -2.70. The molecule has 15 heteroatoms. The molecule has 2 aromatic rings. The van der Waals surface area contributed by atoms with E-state index in [2.05, 4.69) is 0 Å². The predicted octanol–water partition coefficient (Wildman–Crippen LogP) is 7.82. The molecule has 0 fully saturated rings. The van der Waals surface area contributed by atoms with Gasteiger partial charge in [-0.15, -0.1) is 0 Å². The average molecular weight is 640 g/mol. The average Bonchev–Trinajstić information content (AvgIpc) is 3.05. The highest BCUT2D eigenvalue weighted by molar-refractivity contribution is 7.48. The summed E-state index contributed by atoms with van der Waals surface area (Å²) in [5.74, 6) is -1.70. The monoisotopic (exact) mass is 639 g/mol. The third-order valence-corrected chi connectivity index (χ3v) is 7.76. The van der Waals surface area contributed by atoms with Crippen molar-refractivity contribution in [2.45, 2.75) is 64.6 Å². The van der Waals surface area contributed by atoms with Crippen molar-refractivity contribution >= 4 is 37.1 Å². The molecule has 2 aromatic carbocycles. The molecule has 3 rings (SSSR count). The highest BCUT2D eigenvalue weighted by Crippen LogP contribution is 2.55. The normalized spacial score (nSPS) is 17.8. The Morgan fingerprint density at radius 3 is 2.07 bits per heavy atom. The molecule has 1 aliphatic heterocycles. The van der Waals surface area contributed by atoms with Crippen LogP contribution in [0, 0.1) is 0 Å². The van der Waals surface area contributed by atoms with Crippen molar-refractivity contribution in [2.75, 3.05) is 25.2 Å². The fourth-order valence-electron chi connectivity index (χ4n) is 4.04. The Bertz CT molecular complexity index is 1390. The molecular formula is C27H31ClF4NO8P. The van der Waals surface area contributed by atoms with Crippen molar-refractivity contribution in [3.63, 3.8) is 0 Å². The van der Waals surface area contributed by atoms with Gasteiger partial charge in [-0.05, 0) is 71.9 Å². The van der Waals surface area contributed by atoms with Gasteiger partial charge in [-0.1, -0.05) is 17.7 Å². The molecule has 0 bridgehead atoms. The zero-order valence-electron chi connectivity index (χ0n) is 23.9. The van der Waals surface area contributed by atoms with Gasteiger partial charge >= 0.3 is 20.1 Å². The smallest absolute Gasteiger partial charge is 0.475 e. The number of ether oxygens (including phenoxy) is 2. The van der Waals surface area contributed by atoms with Gasteiger partial charge in [-0.25, -0.2) is 18.6 Å². The van der Waals surface area contributed by atoms with Gasteiger partial charge in [0.2, 0.25) is 5.67 Å². The van der Waals surface area contributed by atoms with Crippen LogP contribution in [0.2, 0.25) is 5.02 Å². The second-order valence-electron chi connectivity index (χ2n) is 11.2. The number of anilines is 1. The summed E-state index contributed by atoms with van der Waals surface area (Å²) in [7, 11) is -3.00. The van der Waals surface area contributed by atoms with Crippen LogP contribution in [0.15, 0.2) is 36.4 Å². The van der Waals surface area contributed by atoms with Gasteiger partial charge in [0, 0.05) is 16.1 Å². The molecular weight excluding hydrogens is 609 g/mol. The van der Waals surface area contributed by atoms with Crippen molar-refractivity contribution < 1.29 is 54.8 Å². The lowest BCUT2D eigenvalue weighted by Gasteiger charge is -2.30. The van der Waals surface area contributed by atoms with E-state index in [0.29, 0.717) is 12.1 Å². The first-order valence-corrected chi connectivity index (χ1v) is 14.4. The number of phosphoric ester groups is 1. The summed E-state index contributed by atoms with van der Waals surface area (Å²) in [6.07, 6.45) is -6.38. The summed E-state index contributed by atoms with van der Waals surface area (Å²) in [5, 5.41) is 0.00152. The van der Waals surface area contributed by atoms with Crippen LogP contribution in [0.1, 0.15) is 58.2 Å². The van der Waals surface area contributed by atoms with E-state index in [1.807, 2.05) is 0 Å². The van der Waals surface area contributed by atoms with Crippen LogP contribution >= 0.6 is 19.4 Å². The van der Waals surface area contributed by atoms with E-state index in [-0.39, 0.29) is 15.7 Å². The summed E-state index contributed by atoms with van der Waals surface area (Å²) >= 11 is 6.03. The Kier molecular flexibility index (Phi) is 9.47. The van der Waals surface area contributed by atoms with Crippen molar-refractivity contribution in [1.29, 1.82) is 0 Å². The molecule has 1 unspecified atom stereocenters. The van der Waals surface area contributed by atoms with Gasteiger partial charge < -0.3 is 9.47 Å². The number of hydrogen-bond donors (Lipinski definition) is 0. The molecule has 1 aliphatic rings. The van der Waals surface area contributed by atoms with Gasteiger partial charge in [-0.3, -0.25) is 18.4 Å². The van der Waals surface area contributed by atoms with Crippen LogP contribution in [0.25, 0.3) is 0 Å². The van der Waals surface area contributed by atoms with Crippen LogP contribution < -0.4 is 9.64 Å². The summed E-state index contributed by atoms with van der Waals surface area (Å²) in [5.41, 5.74) is -7.99. The summed E-state index contributed by atoms with van der Waals surface area (Å²) in [4.78, 5) is 26.8. The maximum atomic E-state index is 16.8. The van der Waals surface area contributed by atoms with E-state index < -0.39 is 78.5 Å². The fourth-order valence-corrected chi connectivity index (χ4v) is 5.99. The molecule has 42 heavy (non-hydrogen) atoms. The minimum atomic E-state index is -4.88.